The lowest BCUT2D eigenvalue weighted by molar-refractivity contribution is -0.139. The maximum Gasteiger partial charge on any atom is 0.331 e. The van der Waals surface area contributed by atoms with Gasteiger partial charge in [-0.3, -0.25) is 0 Å². The lowest BCUT2D eigenvalue weighted by Gasteiger charge is -2.12. The number of carbonyl (C=O) groups is 3. The molecular formula is C10H16N2O5. The molecule has 0 heterocycles. The summed E-state index contributed by atoms with van der Waals surface area (Å²) >= 11 is 0. The van der Waals surface area contributed by atoms with Crippen LogP contribution in [0.3, 0.4) is 0 Å². The summed E-state index contributed by atoms with van der Waals surface area (Å²) in [6.45, 7) is 1.68. The number of rotatable bonds is 5. The van der Waals surface area contributed by atoms with Crippen molar-refractivity contribution in [3.63, 3.8) is 0 Å². The van der Waals surface area contributed by atoms with Gasteiger partial charge >= 0.3 is 18.0 Å². The Morgan fingerprint density at radius 3 is 2.35 bits per heavy atom. The zero-order valence-electron chi connectivity index (χ0n) is 9.98. The molecule has 0 saturated heterocycles. The molecule has 0 spiro atoms. The molecule has 0 aromatic carbocycles. The largest absolute Gasteiger partial charge is 0.466 e. The summed E-state index contributed by atoms with van der Waals surface area (Å²) in [7, 11) is 2.68. The predicted molar refractivity (Wildman–Crippen MR) is 59.2 cm³/mol. The van der Waals surface area contributed by atoms with Gasteiger partial charge in [0.25, 0.3) is 0 Å². The molecule has 2 N–H and O–H groups in total. The fraction of sp³-hybridized carbons (Fsp3) is 0.500. The van der Waals surface area contributed by atoms with Crippen molar-refractivity contribution in [2.45, 2.75) is 13.0 Å². The second-order valence-corrected chi connectivity index (χ2v) is 3.11. The molecule has 0 aliphatic heterocycles. The molecule has 7 heteroatoms. The maximum absolute atomic E-state index is 11.1. The third kappa shape index (κ3) is 7.83. The third-order valence-electron chi connectivity index (χ3n) is 1.64. The van der Waals surface area contributed by atoms with Gasteiger partial charge in [0, 0.05) is 19.2 Å². The van der Waals surface area contributed by atoms with Crippen LogP contribution < -0.4 is 10.6 Å². The van der Waals surface area contributed by atoms with E-state index in [0.717, 1.165) is 12.2 Å². The van der Waals surface area contributed by atoms with Crippen LogP contribution in [0, 0.1) is 0 Å². The molecule has 96 valence electrons. The Balaban J connectivity index is 3.87. The van der Waals surface area contributed by atoms with Gasteiger partial charge in [-0.15, -0.1) is 0 Å². The standard InChI is InChI=1S/C10H16N2O5/c1-7(12-10(15)11-2)6-17-9(14)5-4-8(13)16-3/h4-5,7H,6H2,1-3H3,(H2,11,12,15)/b5-4+. The van der Waals surface area contributed by atoms with Gasteiger partial charge in [-0.2, -0.15) is 0 Å². The Hall–Kier alpha value is -2.05. The van der Waals surface area contributed by atoms with Crippen molar-refractivity contribution < 1.29 is 23.9 Å². The van der Waals surface area contributed by atoms with Crippen LogP contribution in [0.15, 0.2) is 12.2 Å². The van der Waals surface area contributed by atoms with E-state index in [9.17, 15) is 14.4 Å². The summed E-state index contributed by atoms with van der Waals surface area (Å²) in [4.78, 5) is 32.6. The minimum absolute atomic E-state index is 0.0117. The Kier molecular flexibility index (Phi) is 7.16. The predicted octanol–water partition coefficient (Wildman–Crippen LogP) is -0.424. The van der Waals surface area contributed by atoms with E-state index in [4.69, 9.17) is 4.74 Å². The summed E-state index contributed by atoms with van der Waals surface area (Å²) < 4.78 is 9.06. The zero-order valence-corrected chi connectivity index (χ0v) is 9.98. The van der Waals surface area contributed by atoms with Gasteiger partial charge in [0.2, 0.25) is 0 Å². The molecule has 0 aromatic rings. The normalized spacial score (nSPS) is 11.7. The Morgan fingerprint density at radius 2 is 1.82 bits per heavy atom. The lowest BCUT2D eigenvalue weighted by Crippen LogP contribution is -2.41. The maximum atomic E-state index is 11.1. The molecule has 1 unspecified atom stereocenters. The smallest absolute Gasteiger partial charge is 0.331 e. The molecule has 0 aromatic heterocycles. The topological polar surface area (TPSA) is 93.7 Å². The second-order valence-electron chi connectivity index (χ2n) is 3.11. The Morgan fingerprint density at radius 1 is 1.24 bits per heavy atom. The molecule has 0 fully saturated rings. The number of ether oxygens (including phenoxy) is 2. The van der Waals surface area contributed by atoms with Crippen LogP contribution in [0.4, 0.5) is 4.79 Å². The van der Waals surface area contributed by atoms with Crippen molar-refractivity contribution in [3.05, 3.63) is 12.2 Å². The van der Waals surface area contributed by atoms with E-state index < -0.39 is 11.9 Å². The first-order valence-corrected chi connectivity index (χ1v) is 4.90. The minimum atomic E-state index is -0.680. The van der Waals surface area contributed by atoms with Crippen LogP contribution >= 0.6 is 0 Å². The molecule has 0 radical (unpaired) electrons. The molecule has 7 nitrogen and oxygen atoms in total. The van der Waals surface area contributed by atoms with Gasteiger partial charge in [0.15, 0.2) is 0 Å². The van der Waals surface area contributed by atoms with Crippen LogP contribution in [-0.4, -0.2) is 44.8 Å². The average molecular weight is 244 g/mol. The molecule has 1 atom stereocenters. The van der Waals surface area contributed by atoms with E-state index in [-0.39, 0.29) is 18.7 Å². The van der Waals surface area contributed by atoms with Gasteiger partial charge in [0.05, 0.1) is 13.2 Å². The molecule has 0 bridgehead atoms. The van der Waals surface area contributed by atoms with Gasteiger partial charge < -0.3 is 20.1 Å². The van der Waals surface area contributed by atoms with Crippen molar-refractivity contribution in [2.24, 2.45) is 0 Å². The van der Waals surface area contributed by atoms with E-state index >= 15 is 0 Å². The highest BCUT2D eigenvalue weighted by atomic mass is 16.5. The number of esters is 2. The zero-order chi connectivity index (χ0) is 13.3. The number of carbonyl (C=O) groups excluding carboxylic acids is 3. The fourth-order valence-electron chi connectivity index (χ4n) is 0.797. The highest BCUT2D eigenvalue weighted by Gasteiger charge is 2.07. The van der Waals surface area contributed by atoms with E-state index in [1.165, 1.54) is 14.2 Å². The Bertz CT molecular complexity index is 314. The summed E-state index contributed by atoms with van der Waals surface area (Å²) in [6, 6.07) is -0.691. The lowest BCUT2D eigenvalue weighted by atomic mass is 10.4. The molecule has 0 saturated carbocycles. The van der Waals surface area contributed by atoms with Crippen LogP contribution in [0.1, 0.15) is 6.92 Å². The van der Waals surface area contributed by atoms with Gasteiger partial charge in [-0.25, -0.2) is 14.4 Å². The van der Waals surface area contributed by atoms with E-state index in [2.05, 4.69) is 15.4 Å². The number of methoxy groups -OCH3 is 1. The first-order chi connectivity index (χ1) is 7.99. The number of urea groups is 1. The van der Waals surface area contributed by atoms with Crippen molar-refractivity contribution in [1.82, 2.24) is 10.6 Å². The molecule has 2 amide bonds. The average Bonchev–Trinajstić information content (AvgIpc) is 2.32. The van der Waals surface area contributed by atoms with Gasteiger partial charge in [0.1, 0.15) is 6.61 Å². The number of nitrogens with one attached hydrogen (secondary N) is 2. The van der Waals surface area contributed by atoms with Gasteiger partial charge in [-0.1, -0.05) is 0 Å². The highest BCUT2D eigenvalue weighted by molar-refractivity contribution is 5.91. The molecular weight excluding hydrogens is 228 g/mol. The summed E-state index contributed by atoms with van der Waals surface area (Å²) in [6.07, 6.45) is 1.91. The number of hydrogen-bond acceptors (Lipinski definition) is 5. The quantitative estimate of drug-likeness (QED) is 0.506. The minimum Gasteiger partial charge on any atom is -0.466 e. The highest BCUT2D eigenvalue weighted by Crippen LogP contribution is 1.88. The van der Waals surface area contributed by atoms with E-state index in [1.807, 2.05) is 0 Å². The van der Waals surface area contributed by atoms with E-state index in [0.29, 0.717) is 0 Å². The summed E-state index contributed by atoms with van der Waals surface area (Å²) in [5, 5.41) is 4.88. The third-order valence-corrected chi connectivity index (χ3v) is 1.64. The van der Waals surface area contributed by atoms with Gasteiger partial charge in [-0.05, 0) is 6.92 Å². The molecule has 0 aliphatic rings. The van der Waals surface area contributed by atoms with E-state index in [1.54, 1.807) is 6.92 Å². The first kappa shape index (κ1) is 14.9. The van der Waals surface area contributed by atoms with Crippen LogP contribution in [0.5, 0.6) is 0 Å². The van der Waals surface area contributed by atoms with Crippen molar-refractivity contribution >= 4 is 18.0 Å². The van der Waals surface area contributed by atoms with Crippen molar-refractivity contribution in [3.8, 4) is 0 Å². The van der Waals surface area contributed by atoms with Crippen LogP contribution in [0.25, 0.3) is 0 Å². The number of amides is 2. The molecule has 0 aliphatic carbocycles. The van der Waals surface area contributed by atoms with Crippen LogP contribution in [0.2, 0.25) is 0 Å². The monoisotopic (exact) mass is 244 g/mol. The molecule has 17 heavy (non-hydrogen) atoms. The second kappa shape index (κ2) is 8.14. The Labute approximate surface area is 99.1 Å². The van der Waals surface area contributed by atoms with Crippen LogP contribution in [-0.2, 0) is 19.1 Å². The summed E-state index contributed by atoms with van der Waals surface area (Å²) in [5.74, 6) is -1.32. The van der Waals surface area contributed by atoms with Crippen molar-refractivity contribution in [2.75, 3.05) is 20.8 Å². The fourth-order valence-corrected chi connectivity index (χ4v) is 0.797. The SMILES string of the molecule is CNC(=O)NC(C)COC(=O)/C=C/C(=O)OC. The summed E-state index contributed by atoms with van der Waals surface area (Å²) in [5.41, 5.74) is 0. The number of hydrogen-bond donors (Lipinski definition) is 2. The van der Waals surface area contributed by atoms with Crippen molar-refractivity contribution in [1.29, 1.82) is 0 Å². The first-order valence-electron chi connectivity index (χ1n) is 4.90. The molecule has 0 rings (SSSR count).